The van der Waals surface area contributed by atoms with Crippen LogP contribution in [0.25, 0.3) is 0 Å². The highest BCUT2D eigenvalue weighted by atomic mass is 16.1. The molecule has 0 radical (unpaired) electrons. The second kappa shape index (κ2) is 8.04. The molecule has 5 heteroatoms. The number of nitrogens with zero attached hydrogens (tertiary/aromatic N) is 2. The summed E-state index contributed by atoms with van der Waals surface area (Å²) in [5.74, 6) is 0.104. The lowest BCUT2D eigenvalue weighted by Gasteiger charge is -2.21. The number of hydrogen-bond acceptors (Lipinski definition) is 3. The van der Waals surface area contributed by atoms with Gasteiger partial charge in [0.25, 0.3) is 0 Å². The first-order valence-corrected chi connectivity index (χ1v) is 7.81. The summed E-state index contributed by atoms with van der Waals surface area (Å²) < 4.78 is 2.12. The van der Waals surface area contributed by atoms with Gasteiger partial charge >= 0.3 is 0 Å². The predicted octanol–water partition coefficient (Wildman–Crippen LogP) is 2.00. The maximum absolute atomic E-state index is 11.3. The van der Waals surface area contributed by atoms with Gasteiger partial charge in [-0.3, -0.25) is 9.48 Å². The molecule has 0 bridgehead atoms. The molecule has 0 aliphatic heterocycles. The Balaban J connectivity index is 1.68. The zero-order valence-electron chi connectivity index (χ0n) is 12.4. The zero-order valence-corrected chi connectivity index (χ0v) is 12.4. The molecule has 1 aliphatic rings. The fraction of sp³-hybridized carbons (Fsp3) is 0.733. The van der Waals surface area contributed by atoms with Crippen molar-refractivity contribution >= 4 is 5.91 Å². The van der Waals surface area contributed by atoms with Crippen LogP contribution in [-0.2, 0) is 11.3 Å². The number of rotatable bonds is 7. The van der Waals surface area contributed by atoms with Gasteiger partial charge in [-0.05, 0) is 25.8 Å². The molecule has 2 N–H and O–H groups in total. The highest BCUT2D eigenvalue weighted by molar-refractivity contribution is 5.75. The summed E-state index contributed by atoms with van der Waals surface area (Å²) >= 11 is 0. The number of aromatic nitrogens is 2. The van der Waals surface area contributed by atoms with Crippen LogP contribution >= 0.6 is 0 Å². The van der Waals surface area contributed by atoms with Crippen molar-refractivity contribution in [3.8, 4) is 0 Å². The molecule has 0 saturated heterocycles. The van der Waals surface area contributed by atoms with Crippen molar-refractivity contribution in [2.75, 3.05) is 13.1 Å². The summed E-state index contributed by atoms with van der Waals surface area (Å²) in [7, 11) is 0. The average Bonchev–Trinajstić information content (AvgIpc) is 2.94. The highest BCUT2D eigenvalue weighted by Gasteiger charge is 2.15. The van der Waals surface area contributed by atoms with E-state index in [0.29, 0.717) is 25.6 Å². The molecule has 1 amide bonds. The van der Waals surface area contributed by atoms with Crippen LogP contribution in [0.4, 0.5) is 0 Å². The Morgan fingerprint density at radius 2 is 2.20 bits per heavy atom. The maximum Gasteiger partial charge on any atom is 0.221 e. The van der Waals surface area contributed by atoms with Crippen LogP contribution in [0.5, 0.6) is 0 Å². The summed E-state index contributed by atoms with van der Waals surface area (Å²) in [5, 5.41) is 10.7. The topological polar surface area (TPSA) is 59.0 Å². The highest BCUT2D eigenvalue weighted by Crippen LogP contribution is 2.27. The predicted molar refractivity (Wildman–Crippen MR) is 79.4 cm³/mol. The molecule has 0 spiro atoms. The summed E-state index contributed by atoms with van der Waals surface area (Å²) in [6.07, 6.45) is 9.15. The van der Waals surface area contributed by atoms with Crippen LogP contribution in [-0.4, -0.2) is 28.8 Å². The van der Waals surface area contributed by atoms with Gasteiger partial charge in [-0.15, -0.1) is 0 Å². The van der Waals surface area contributed by atoms with E-state index in [-0.39, 0.29) is 5.91 Å². The van der Waals surface area contributed by atoms with Crippen LogP contribution < -0.4 is 10.6 Å². The second-order valence-corrected chi connectivity index (χ2v) is 5.46. The molecule has 2 rings (SSSR count). The van der Waals surface area contributed by atoms with E-state index >= 15 is 0 Å². The molecule has 0 aromatic carbocycles. The lowest BCUT2D eigenvalue weighted by Crippen LogP contribution is -2.27. The molecular formula is C15H26N4O. The van der Waals surface area contributed by atoms with Crippen molar-refractivity contribution in [3.05, 3.63) is 18.0 Å². The quantitative estimate of drug-likeness (QED) is 0.750. The minimum absolute atomic E-state index is 0.104. The SMILES string of the molecule is CCNC(=O)CCNCc1ccn(C2CCCCC2)n1. The van der Waals surface area contributed by atoms with Gasteiger partial charge in [0.05, 0.1) is 11.7 Å². The molecule has 5 nitrogen and oxygen atoms in total. The Kier molecular flexibility index (Phi) is 6.05. The van der Waals surface area contributed by atoms with Gasteiger partial charge in [-0.2, -0.15) is 5.10 Å². The van der Waals surface area contributed by atoms with Gasteiger partial charge in [-0.25, -0.2) is 0 Å². The van der Waals surface area contributed by atoms with Gasteiger partial charge < -0.3 is 10.6 Å². The Bertz CT molecular complexity index is 410. The third kappa shape index (κ3) is 4.63. The Morgan fingerprint density at radius 1 is 1.40 bits per heavy atom. The summed E-state index contributed by atoms with van der Waals surface area (Å²) in [4.78, 5) is 11.3. The fourth-order valence-electron chi connectivity index (χ4n) is 2.72. The van der Waals surface area contributed by atoms with Crippen molar-refractivity contribution in [2.24, 2.45) is 0 Å². The molecular weight excluding hydrogens is 252 g/mol. The summed E-state index contributed by atoms with van der Waals surface area (Å²) in [6, 6.07) is 2.67. The number of nitrogens with one attached hydrogen (secondary N) is 2. The third-order valence-corrected chi connectivity index (χ3v) is 3.82. The van der Waals surface area contributed by atoms with E-state index in [1.807, 2.05) is 6.92 Å². The van der Waals surface area contributed by atoms with Crippen LogP contribution in [0.1, 0.15) is 57.2 Å². The van der Waals surface area contributed by atoms with Gasteiger partial charge in [0.15, 0.2) is 0 Å². The molecule has 112 valence electrons. The molecule has 1 saturated carbocycles. The van der Waals surface area contributed by atoms with Crippen LogP contribution in [0.3, 0.4) is 0 Å². The molecule has 1 heterocycles. The zero-order chi connectivity index (χ0) is 14.2. The lowest BCUT2D eigenvalue weighted by atomic mass is 9.96. The van der Waals surface area contributed by atoms with E-state index in [1.165, 1.54) is 32.1 Å². The van der Waals surface area contributed by atoms with Gasteiger partial charge in [0.2, 0.25) is 5.91 Å². The number of hydrogen-bond donors (Lipinski definition) is 2. The van der Waals surface area contributed by atoms with Crippen molar-refractivity contribution in [2.45, 2.75) is 58.0 Å². The Hall–Kier alpha value is -1.36. The Morgan fingerprint density at radius 3 is 2.95 bits per heavy atom. The number of carbonyl (C=O) groups is 1. The first-order chi connectivity index (χ1) is 9.79. The maximum atomic E-state index is 11.3. The second-order valence-electron chi connectivity index (χ2n) is 5.46. The monoisotopic (exact) mass is 278 g/mol. The van der Waals surface area contributed by atoms with Crippen LogP contribution in [0.15, 0.2) is 12.3 Å². The molecule has 1 fully saturated rings. The fourth-order valence-corrected chi connectivity index (χ4v) is 2.72. The van der Waals surface area contributed by atoms with Crippen LogP contribution in [0.2, 0.25) is 0 Å². The standard InChI is InChI=1S/C15H26N4O/c1-2-17-15(20)8-10-16-12-13-9-11-19(18-13)14-6-4-3-5-7-14/h9,11,14,16H,2-8,10,12H2,1H3,(H,17,20). The van der Waals surface area contributed by atoms with Crippen molar-refractivity contribution < 1.29 is 4.79 Å². The normalized spacial score (nSPS) is 16.2. The van der Waals surface area contributed by atoms with E-state index in [2.05, 4.69) is 32.7 Å². The summed E-state index contributed by atoms with van der Waals surface area (Å²) in [6.45, 7) is 4.06. The van der Waals surface area contributed by atoms with E-state index in [9.17, 15) is 4.79 Å². The smallest absolute Gasteiger partial charge is 0.221 e. The van der Waals surface area contributed by atoms with Gasteiger partial charge in [0, 0.05) is 32.3 Å². The minimum Gasteiger partial charge on any atom is -0.356 e. The minimum atomic E-state index is 0.104. The van der Waals surface area contributed by atoms with Gasteiger partial charge in [0.1, 0.15) is 0 Å². The molecule has 1 aromatic heterocycles. The first-order valence-electron chi connectivity index (χ1n) is 7.81. The van der Waals surface area contributed by atoms with Gasteiger partial charge in [-0.1, -0.05) is 19.3 Å². The Labute approximate surface area is 121 Å². The van der Waals surface area contributed by atoms with Crippen molar-refractivity contribution in [3.63, 3.8) is 0 Å². The van der Waals surface area contributed by atoms with E-state index in [0.717, 1.165) is 12.2 Å². The van der Waals surface area contributed by atoms with Crippen molar-refractivity contribution in [1.29, 1.82) is 0 Å². The molecule has 1 aromatic rings. The largest absolute Gasteiger partial charge is 0.356 e. The number of carbonyl (C=O) groups excluding carboxylic acids is 1. The summed E-state index contributed by atoms with van der Waals surface area (Å²) in [5.41, 5.74) is 1.06. The number of amides is 1. The van der Waals surface area contributed by atoms with E-state index in [1.54, 1.807) is 0 Å². The lowest BCUT2D eigenvalue weighted by molar-refractivity contribution is -0.120. The van der Waals surface area contributed by atoms with E-state index in [4.69, 9.17) is 0 Å². The van der Waals surface area contributed by atoms with Crippen molar-refractivity contribution in [1.82, 2.24) is 20.4 Å². The van der Waals surface area contributed by atoms with Crippen LogP contribution in [0, 0.1) is 0 Å². The average molecular weight is 278 g/mol. The molecule has 1 aliphatic carbocycles. The molecule has 0 unspecified atom stereocenters. The molecule has 20 heavy (non-hydrogen) atoms. The first kappa shape index (κ1) is 15.0. The third-order valence-electron chi connectivity index (χ3n) is 3.82. The molecule has 0 atom stereocenters. The van der Waals surface area contributed by atoms with E-state index < -0.39 is 0 Å².